The van der Waals surface area contributed by atoms with Crippen LogP contribution in [0.3, 0.4) is 0 Å². The van der Waals surface area contributed by atoms with E-state index in [4.69, 9.17) is 0 Å². The Morgan fingerprint density at radius 2 is 1.73 bits per heavy atom. The summed E-state index contributed by atoms with van der Waals surface area (Å²) in [7, 11) is 3.87. The van der Waals surface area contributed by atoms with Crippen LogP contribution in [0.2, 0.25) is 13.1 Å². The van der Waals surface area contributed by atoms with Crippen molar-refractivity contribution in [3.8, 4) is 0 Å². The highest BCUT2D eigenvalue weighted by molar-refractivity contribution is 14.1. The molecule has 1 aromatic carbocycles. The average molecular weight is 332 g/mol. The molecular formula is C12H19INSi. The van der Waals surface area contributed by atoms with Crippen LogP contribution >= 0.6 is 22.6 Å². The Balaban J connectivity index is 3.24. The molecule has 1 atom stereocenters. The molecule has 0 aromatic heterocycles. The van der Waals surface area contributed by atoms with Crippen molar-refractivity contribution in [2.45, 2.75) is 23.1 Å². The SMILES string of the molecule is CN(C)c1ccccc1C(C)(I)[Si](C)C. The summed E-state index contributed by atoms with van der Waals surface area (Å²) in [6, 6.07) is 8.73. The number of anilines is 1. The Bertz CT molecular complexity index is 334. The Hall–Kier alpha value is -0.0331. The van der Waals surface area contributed by atoms with E-state index >= 15 is 0 Å². The van der Waals surface area contributed by atoms with Gasteiger partial charge in [-0.3, -0.25) is 0 Å². The largest absolute Gasteiger partial charge is 0.377 e. The van der Waals surface area contributed by atoms with E-state index in [0.717, 1.165) is 0 Å². The standard InChI is InChI=1S/C12H19INSi/c1-12(13,15(4)5)10-8-6-7-9-11(10)14(2)3/h6-9H,1-5H3. The number of alkyl halides is 1. The number of benzene rings is 1. The van der Waals surface area contributed by atoms with Gasteiger partial charge >= 0.3 is 0 Å². The average Bonchev–Trinajstić information content (AvgIpc) is 2.17. The van der Waals surface area contributed by atoms with E-state index in [-0.39, 0.29) is 8.80 Å². The number of hydrogen-bond donors (Lipinski definition) is 0. The summed E-state index contributed by atoms with van der Waals surface area (Å²) in [5.41, 5.74) is 2.81. The maximum Gasteiger partial charge on any atom is 0.0666 e. The van der Waals surface area contributed by atoms with E-state index < -0.39 is 0 Å². The summed E-state index contributed by atoms with van der Waals surface area (Å²) in [4.78, 5) is 2.21. The lowest BCUT2D eigenvalue weighted by molar-refractivity contribution is 0.979. The van der Waals surface area contributed by atoms with E-state index in [1.165, 1.54) is 11.3 Å². The number of para-hydroxylation sites is 1. The third-order valence-corrected chi connectivity index (χ3v) is 8.80. The molecular weight excluding hydrogens is 313 g/mol. The molecule has 1 aromatic rings. The van der Waals surface area contributed by atoms with Gasteiger partial charge in [-0.05, 0) is 18.6 Å². The molecule has 0 bridgehead atoms. The first kappa shape index (κ1) is 13.0. The van der Waals surface area contributed by atoms with Crippen molar-refractivity contribution >= 4 is 37.1 Å². The van der Waals surface area contributed by atoms with Crippen LogP contribution in [0.4, 0.5) is 5.69 Å². The highest BCUT2D eigenvalue weighted by atomic mass is 127. The van der Waals surface area contributed by atoms with E-state index in [1.54, 1.807) is 0 Å². The molecule has 0 saturated heterocycles. The maximum atomic E-state index is 2.61. The van der Waals surface area contributed by atoms with Crippen molar-refractivity contribution in [1.29, 1.82) is 0 Å². The fraction of sp³-hybridized carbons (Fsp3) is 0.500. The van der Waals surface area contributed by atoms with E-state index in [0.29, 0.717) is 3.04 Å². The molecule has 1 rings (SSSR count). The number of rotatable bonds is 3. The van der Waals surface area contributed by atoms with Crippen molar-refractivity contribution in [1.82, 2.24) is 0 Å². The normalized spacial score (nSPS) is 15.1. The molecule has 0 fully saturated rings. The number of halogens is 1. The molecule has 1 unspecified atom stereocenters. The van der Waals surface area contributed by atoms with Gasteiger partial charge in [0.1, 0.15) is 0 Å². The minimum atomic E-state index is -0.358. The first-order valence-electron chi connectivity index (χ1n) is 5.13. The van der Waals surface area contributed by atoms with Gasteiger partial charge in [0, 0.05) is 22.8 Å². The van der Waals surface area contributed by atoms with E-state index in [1.807, 2.05) is 0 Å². The molecule has 1 nitrogen and oxygen atoms in total. The van der Waals surface area contributed by atoms with Crippen molar-refractivity contribution in [2.75, 3.05) is 19.0 Å². The van der Waals surface area contributed by atoms with Crippen LogP contribution < -0.4 is 4.90 Å². The molecule has 0 aliphatic carbocycles. The first-order valence-corrected chi connectivity index (χ1v) is 8.71. The van der Waals surface area contributed by atoms with Gasteiger partial charge in [-0.15, -0.1) is 0 Å². The molecule has 83 valence electrons. The van der Waals surface area contributed by atoms with Crippen molar-refractivity contribution < 1.29 is 0 Å². The van der Waals surface area contributed by atoms with E-state index in [9.17, 15) is 0 Å². The zero-order valence-corrected chi connectivity index (χ0v) is 13.3. The lowest BCUT2D eigenvalue weighted by Gasteiger charge is -2.31. The third kappa shape index (κ3) is 2.75. The molecule has 0 saturated carbocycles. The summed E-state index contributed by atoms with van der Waals surface area (Å²) in [6.07, 6.45) is 0. The smallest absolute Gasteiger partial charge is 0.0666 e. The van der Waals surface area contributed by atoms with Crippen molar-refractivity contribution in [3.05, 3.63) is 29.8 Å². The second-order valence-electron chi connectivity index (χ2n) is 4.41. The van der Waals surface area contributed by atoms with Crippen molar-refractivity contribution in [2.24, 2.45) is 0 Å². The second kappa shape index (κ2) is 4.87. The predicted molar refractivity (Wildman–Crippen MR) is 79.6 cm³/mol. The number of hydrogen-bond acceptors (Lipinski definition) is 1. The molecule has 0 heterocycles. The van der Waals surface area contributed by atoms with Crippen LogP contribution in [0.15, 0.2) is 24.3 Å². The van der Waals surface area contributed by atoms with Crippen LogP contribution in [0.1, 0.15) is 12.5 Å². The summed E-state index contributed by atoms with van der Waals surface area (Å²) in [5, 5.41) is 0. The third-order valence-electron chi connectivity index (χ3n) is 2.83. The fourth-order valence-electron chi connectivity index (χ4n) is 1.53. The highest BCUT2D eigenvalue weighted by Crippen LogP contribution is 2.39. The van der Waals surface area contributed by atoms with Gasteiger partial charge in [0.2, 0.25) is 0 Å². The van der Waals surface area contributed by atoms with Gasteiger partial charge in [-0.25, -0.2) is 0 Å². The Morgan fingerprint density at radius 3 is 2.20 bits per heavy atom. The highest BCUT2D eigenvalue weighted by Gasteiger charge is 2.30. The lowest BCUT2D eigenvalue weighted by atomic mass is 10.1. The van der Waals surface area contributed by atoms with E-state index in [2.05, 4.69) is 85.9 Å². The van der Waals surface area contributed by atoms with Crippen LogP contribution in [-0.2, 0) is 3.04 Å². The fourth-order valence-corrected chi connectivity index (χ4v) is 2.74. The van der Waals surface area contributed by atoms with Crippen LogP contribution in [-0.4, -0.2) is 22.9 Å². The summed E-state index contributed by atoms with van der Waals surface area (Å²) >= 11 is 2.61. The predicted octanol–water partition coefficient (Wildman–Crippen LogP) is 3.70. The van der Waals surface area contributed by atoms with Gasteiger partial charge in [-0.1, -0.05) is 53.9 Å². The summed E-state index contributed by atoms with van der Waals surface area (Å²) in [6.45, 7) is 7.11. The maximum absolute atomic E-state index is 2.61. The molecule has 0 spiro atoms. The summed E-state index contributed by atoms with van der Waals surface area (Å²) < 4.78 is 0.295. The summed E-state index contributed by atoms with van der Waals surface area (Å²) in [5.74, 6) is 0. The molecule has 0 amide bonds. The van der Waals surface area contributed by atoms with Crippen molar-refractivity contribution in [3.63, 3.8) is 0 Å². The van der Waals surface area contributed by atoms with Crippen LogP contribution in [0.25, 0.3) is 0 Å². The Kier molecular flexibility index (Phi) is 4.23. The zero-order valence-electron chi connectivity index (χ0n) is 10.1. The van der Waals surface area contributed by atoms with Crippen LogP contribution in [0, 0.1) is 0 Å². The monoisotopic (exact) mass is 332 g/mol. The molecule has 0 aliphatic rings. The Morgan fingerprint density at radius 1 is 1.20 bits per heavy atom. The topological polar surface area (TPSA) is 3.24 Å². The van der Waals surface area contributed by atoms with Gasteiger partial charge in [0.05, 0.1) is 8.80 Å². The van der Waals surface area contributed by atoms with Gasteiger partial charge < -0.3 is 4.90 Å². The van der Waals surface area contributed by atoms with Gasteiger partial charge in [-0.2, -0.15) is 0 Å². The minimum Gasteiger partial charge on any atom is -0.377 e. The quantitative estimate of drug-likeness (QED) is 0.463. The zero-order chi connectivity index (χ0) is 11.6. The van der Waals surface area contributed by atoms with Gasteiger partial charge in [0.25, 0.3) is 0 Å². The minimum absolute atomic E-state index is 0.295. The lowest BCUT2D eigenvalue weighted by Crippen LogP contribution is -2.31. The molecule has 0 aliphatic heterocycles. The van der Waals surface area contributed by atoms with Crippen LogP contribution in [0.5, 0.6) is 0 Å². The molecule has 0 N–H and O–H groups in total. The molecule has 3 heteroatoms. The molecule has 15 heavy (non-hydrogen) atoms. The first-order chi connectivity index (χ1) is 6.87. The number of nitrogens with zero attached hydrogens (tertiary/aromatic N) is 1. The Labute approximate surface area is 109 Å². The second-order valence-corrected chi connectivity index (χ2v) is 10.6. The van der Waals surface area contributed by atoms with Gasteiger partial charge in [0.15, 0.2) is 0 Å². The molecule has 1 radical (unpaired) electrons.